The summed E-state index contributed by atoms with van der Waals surface area (Å²) >= 11 is 0. The van der Waals surface area contributed by atoms with Crippen molar-refractivity contribution in [2.24, 2.45) is 0 Å². The van der Waals surface area contributed by atoms with Crippen molar-refractivity contribution in [1.82, 2.24) is 25.2 Å². The molecule has 2 aromatic heterocycles. The molecule has 1 aliphatic heterocycles. The maximum atomic E-state index is 12.5. The minimum Gasteiger partial charge on any atom is -0.381 e. The molecule has 0 bridgehead atoms. The summed E-state index contributed by atoms with van der Waals surface area (Å²) in [6.45, 7) is 1.34. The van der Waals surface area contributed by atoms with Gasteiger partial charge in [-0.3, -0.25) is 20.9 Å². The second-order valence-corrected chi connectivity index (χ2v) is 6.50. The standard InChI is InChI=1S/C18H20N6O3/c19-16(23-26)13-4-2-1-3-11(13)9-15-21-17-14(18(25)22-15)10-20-24(17)12-5-7-27-8-6-12/h1-4,10,12,26H,5-9H2,(H2,19,23)(H,21,22,25). The van der Waals surface area contributed by atoms with Crippen LogP contribution in [0.2, 0.25) is 0 Å². The molecule has 0 atom stereocenters. The first-order chi connectivity index (χ1) is 13.2. The lowest BCUT2D eigenvalue weighted by molar-refractivity contribution is 0.0673. The average molecular weight is 368 g/mol. The van der Waals surface area contributed by atoms with Gasteiger partial charge in [0, 0.05) is 25.2 Å². The summed E-state index contributed by atoms with van der Waals surface area (Å²) in [7, 11) is 0. The van der Waals surface area contributed by atoms with Crippen LogP contribution in [0.4, 0.5) is 0 Å². The van der Waals surface area contributed by atoms with Crippen molar-refractivity contribution in [3.05, 3.63) is 57.8 Å². The third-order valence-corrected chi connectivity index (χ3v) is 4.81. The van der Waals surface area contributed by atoms with E-state index in [1.165, 1.54) is 0 Å². The number of fused-ring (bicyclic) bond motifs is 1. The molecule has 1 fully saturated rings. The largest absolute Gasteiger partial charge is 0.381 e. The van der Waals surface area contributed by atoms with E-state index in [-0.39, 0.29) is 17.4 Å². The molecule has 0 aliphatic carbocycles. The van der Waals surface area contributed by atoms with Crippen LogP contribution in [0, 0.1) is 5.41 Å². The first kappa shape index (κ1) is 17.4. The summed E-state index contributed by atoms with van der Waals surface area (Å²) in [5.74, 6) is 0.376. The van der Waals surface area contributed by atoms with Gasteiger partial charge in [-0.15, -0.1) is 0 Å². The van der Waals surface area contributed by atoms with Crippen LogP contribution in [0.15, 0.2) is 35.3 Å². The van der Waals surface area contributed by atoms with Crippen LogP contribution < -0.4 is 11.0 Å². The van der Waals surface area contributed by atoms with Crippen molar-refractivity contribution in [1.29, 1.82) is 5.41 Å². The Morgan fingerprint density at radius 1 is 1.37 bits per heavy atom. The number of aromatic amines is 1. The SMILES string of the molecule is N=C(NO)c1ccccc1Cc1nc2c(cnn2C2CCOCC2)c(=O)[nH]1. The Hall–Kier alpha value is -3.04. The topological polar surface area (TPSA) is 129 Å². The summed E-state index contributed by atoms with van der Waals surface area (Å²) in [4.78, 5) is 19.9. The van der Waals surface area contributed by atoms with E-state index in [1.54, 1.807) is 18.3 Å². The van der Waals surface area contributed by atoms with Gasteiger partial charge >= 0.3 is 0 Å². The molecule has 1 aliphatic rings. The molecule has 0 spiro atoms. The van der Waals surface area contributed by atoms with Crippen molar-refractivity contribution in [3.63, 3.8) is 0 Å². The van der Waals surface area contributed by atoms with Gasteiger partial charge in [-0.2, -0.15) is 5.10 Å². The van der Waals surface area contributed by atoms with E-state index in [4.69, 9.17) is 15.4 Å². The Kier molecular flexibility index (Phi) is 4.69. The van der Waals surface area contributed by atoms with Gasteiger partial charge in [0.2, 0.25) is 0 Å². The lowest BCUT2D eigenvalue weighted by Crippen LogP contribution is -2.22. The second kappa shape index (κ2) is 7.29. The number of ether oxygens (including phenoxy) is 1. The summed E-state index contributed by atoms with van der Waals surface area (Å²) < 4.78 is 7.23. The summed E-state index contributed by atoms with van der Waals surface area (Å²) in [6, 6.07) is 7.35. The highest BCUT2D eigenvalue weighted by Crippen LogP contribution is 2.23. The van der Waals surface area contributed by atoms with E-state index < -0.39 is 0 Å². The molecule has 0 amide bonds. The second-order valence-electron chi connectivity index (χ2n) is 6.50. The number of nitrogens with one attached hydrogen (secondary N) is 3. The molecule has 4 N–H and O–H groups in total. The van der Waals surface area contributed by atoms with Gasteiger partial charge in [0.1, 0.15) is 17.0 Å². The Labute approximate surface area is 154 Å². The minimum absolute atomic E-state index is 0.110. The van der Waals surface area contributed by atoms with E-state index >= 15 is 0 Å². The number of aromatic nitrogens is 4. The summed E-state index contributed by atoms with van der Waals surface area (Å²) in [6.07, 6.45) is 3.55. The van der Waals surface area contributed by atoms with Crippen molar-refractivity contribution in [2.75, 3.05) is 13.2 Å². The molecule has 9 nitrogen and oxygen atoms in total. The molecule has 9 heteroatoms. The molecule has 0 saturated carbocycles. The molecule has 0 radical (unpaired) electrons. The van der Waals surface area contributed by atoms with Crippen LogP contribution in [0.5, 0.6) is 0 Å². The molecular formula is C18H20N6O3. The quantitative estimate of drug-likeness (QED) is 0.313. The minimum atomic E-state index is -0.235. The first-order valence-corrected chi connectivity index (χ1v) is 8.78. The maximum absolute atomic E-state index is 12.5. The van der Waals surface area contributed by atoms with Gasteiger partial charge in [-0.1, -0.05) is 24.3 Å². The van der Waals surface area contributed by atoms with Gasteiger partial charge in [0.05, 0.1) is 12.2 Å². The van der Waals surface area contributed by atoms with E-state index in [0.717, 1.165) is 18.4 Å². The van der Waals surface area contributed by atoms with Crippen molar-refractivity contribution in [3.8, 4) is 0 Å². The van der Waals surface area contributed by atoms with Crippen LogP contribution in [-0.2, 0) is 11.2 Å². The zero-order valence-corrected chi connectivity index (χ0v) is 14.6. The molecule has 3 heterocycles. The highest BCUT2D eigenvalue weighted by atomic mass is 16.5. The molecule has 27 heavy (non-hydrogen) atoms. The predicted octanol–water partition coefficient (Wildman–Crippen LogP) is 1.37. The number of benzene rings is 1. The van der Waals surface area contributed by atoms with Crippen LogP contribution in [0.3, 0.4) is 0 Å². The number of nitrogens with zero attached hydrogens (tertiary/aromatic N) is 3. The highest BCUT2D eigenvalue weighted by molar-refractivity contribution is 5.97. The normalized spacial score (nSPS) is 15.1. The third-order valence-electron chi connectivity index (χ3n) is 4.81. The third kappa shape index (κ3) is 3.34. The first-order valence-electron chi connectivity index (χ1n) is 8.78. The Morgan fingerprint density at radius 3 is 2.93 bits per heavy atom. The highest BCUT2D eigenvalue weighted by Gasteiger charge is 2.21. The van der Waals surface area contributed by atoms with Crippen LogP contribution in [0.1, 0.15) is 35.8 Å². The summed E-state index contributed by atoms with van der Waals surface area (Å²) in [5.41, 5.74) is 3.50. The average Bonchev–Trinajstić information content (AvgIpc) is 3.13. The number of rotatable bonds is 4. The Bertz CT molecular complexity index is 1030. The lowest BCUT2D eigenvalue weighted by atomic mass is 10.0. The predicted molar refractivity (Wildman–Crippen MR) is 98.2 cm³/mol. The number of hydrogen-bond donors (Lipinski definition) is 4. The monoisotopic (exact) mass is 368 g/mol. The molecule has 4 rings (SSSR count). The number of hydroxylamine groups is 1. The number of hydrogen-bond acceptors (Lipinski definition) is 6. The lowest BCUT2D eigenvalue weighted by Gasteiger charge is -2.22. The Balaban J connectivity index is 1.73. The molecular weight excluding hydrogens is 348 g/mol. The fraction of sp³-hybridized carbons (Fsp3) is 0.333. The van der Waals surface area contributed by atoms with Gasteiger partial charge in [0.15, 0.2) is 5.65 Å². The smallest absolute Gasteiger partial charge is 0.262 e. The van der Waals surface area contributed by atoms with E-state index in [2.05, 4.69) is 15.1 Å². The van der Waals surface area contributed by atoms with Crippen molar-refractivity contribution < 1.29 is 9.94 Å². The van der Waals surface area contributed by atoms with E-state index in [9.17, 15) is 4.79 Å². The van der Waals surface area contributed by atoms with Crippen molar-refractivity contribution in [2.45, 2.75) is 25.3 Å². The fourth-order valence-electron chi connectivity index (χ4n) is 3.42. The Morgan fingerprint density at radius 2 is 2.15 bits per heavy atom. The van der Waals surface area contributed by atoms with Gasteiger partial charge in [-0.25, -0.2) is 9.67 Å². The zero-order valence-electron chi connectivity index (χ0n) is 14.6. The van der Waals surface area contributed by atoms with Crippen molar-refractivity contribution >= 4 is 16.9 Å². The van der Waals surface area contributed by atoms with E-state index in [1.807, 2.05) is 22.3 Å². The number of H-pyrrole nitrogens is 1. The van der Waals surface area contributed by atoms with Crippen LogP contribution >= 0.6 is 0 Å². The van der Waals surface area contributed by atoms with Crippen LogP contribution in [0.25, 0.3) is 11.0 Å². The molecule has 1 saturated heterocycles. The number of amidine groups is 1. The zero-order chi connectivity index (χ0) is 18.8. The maximum Gasteiger partial charge on any atom is 0.262 e. The van der Waals surface area contributed by atoms with Gasteiger partial charge in [-0.05, 0) is 18.4 Å². The molecule has 3 aromatic rings. The fourth-order valence-corrected chi connectivity index (χ4v) is 3.42. The van der Waals surface area contributed by atoms with E-state index in [0.29, 0.717) is 42.1 Å². The van der Waals surface area contributed by atoms with Gasteiger partial charge < -0.3 is 9.72 Å². The molecule has 1 aromatic carbocycles. The summed E-state index contributed by atoms with van der Waals surface area (Å²) in [5, 5.41) is 21.7. The van der Waals surface area contributed by atoms with Crippen LogP contribution in [-0.4, -0.2) is 44.0 Å². The molecule has 140 valence electrons. The molecule has 0 unspecified atom stereocenters. The van der Waals surface area contributed by atoms with Gasteiger partial charge in [0.25, 0.3) is 5.56 Å².